The Morgan fingerprint density at radius 2 is 2.11 bits per heavy atom. The Morgan fingerprint density at radius 1 is 1.39 bits per heavy atom. The summed E-state index contributed by atoms with van der Waals surface area (Å²) in [5, 5.41) is 14.8. The number of hydrogen-bond acceptors (Lipinski definition) is 5. The van der Waals surface area contributed by atoms with Crippen molar-refractivity contribution in [2.24, 2.45) is 0 Å². The molecule has 0 amide bonds. The van der Waals surface area contributed by atoms with Gasteiger partial charge in [-0.25, -0.2) is 0 Å². The van der Waals surface area contributed by atoms with Crippen LogP contribution in [0.2, 0.25) is 0 Å². The molecule has 0 N–H and O–H groups in total. The molecule has 0 fully saturated rings. The monoisotopic (exact) mass is 262 g/mol. The van der Waals surface area contributed by atoms with Gasteiger partial charge in [0.05, 0.1) is 11.7 Å². The molecule has 1 aromatic heterocycles. The lowest BCUT2D eigenvalue weighted by atomic mass is 10.2. The quantitative estimate of drug-likeness (QED) is 0.788. The highest BCUT2D eigenvalue weighted by atomic mass is 32.2. The second kappa shape index (κ2) is 5.27. The van der Waals surface area contributed by atoms with Crippen molar-refractivity contribution in [2.75, 3.05) is 0 Å². The van der Waals surface area contributed by atoms with Crippen LogP contribution >= 0.6 is 11.8 Å². The number of carbonyl (C=O) groups excluding carboxylic acids is 1. The molecule has 0 atom stereocenters. The van der Waals surface area contributed by atoms with Crippen molar-refractivity contribution in [3.05, 3.63) is 46.8 Å². The molecule has 5 heteroatoms. The molecule has 1 heterocycles. The van der Waals surface area contributed by atoms with Gasteiger partial charge < -0.3 is 14.4 Å². The molecule has 0 aliphatic heterocycles. The van der Waals surface area contributed by atoms with Gasteiger partial charge in [-0.05, 0) is 19.9 Å². The first-order valence-electron chi connectivity index (χ1n) is 5.44. The van der Waals surface area contributed by atoms with E-state index in [9.17, 15) is 9.90 Å². The number of nitrogens with zero attached hydrogens (tertiary/aromatic N) is 1. The Morgan fingerprint density at radius 3 is 2.72 bits per heavy atom. The second-order valence-electron chi connectivity index (χ2n) is 3.88. The molecule has 94 valence electrons. The number of aromatic nitrogens is 1. The number of aryl methyl sites for hydroxylation is 2. The fourth-order valence-electron chi connectivity index (χ4n) is 1.62. The van der Waals surface area contributed by atoms with Gasteiger partial charge in [-0.15, -0.1) is 11.8 Å². The molecule has 0 saturated heterocycles. The third-order valence-electron chi connectivity index (χ3n) is 2.66. The first-order chi connectivity index (χ1) is 8.59. The Labute approximate surface area is 109 Å². The molecule has 0 radical (unpaired) electrons. The number of carboxylic acids is 1. The molecule has 2 aromatic rings. The zero-order chi connectivity index (χ0) is 13.1. The number of hydrogen-bond donors (Lipinski definition) is 0. The van der Waals surface area contributed by atoms with E-state index in [-0.39, 0.29) is 5.56 Å². The van der Waals surface area contributed by atoms with Crippen LogP contribution in [0.25, 0.3) is 0 Å². The predicted octanol–water partition coefficient (Wildman–Crippen LogP) is 1.95. The van der Waals surface area contributed by atoms with E-state index in [4.69, 9.17) is 4.52 Å². The van der Waals surface area contributed by atoms with Crippen molar-refractivity contribution in [3.8, 4) is 0 Å². The standard InChI is InChI=1S/C13H13NO3S/c1-8-11(9(2)17-14-8)7-18-12-6-4-3-5-10(12)13(15)16/h3-6H,7H2,1-2H3,(H,15,16)/p-1. The third-order valence-corrected chi connectivity index (χ3v) is 3.76. The third kappa shape index (κ3) is 2.56. The van der Waals surface area contributed by atoms with Crippen LogP contribution in [0.1, 0.15) is 27.4 Å². The second-order valence-corrected chi connectivity index (χ2v) is 4.89. The van der Waals surface area contributed by atoms with Gasteiger partial charge in [0.2, 0.25) is 0 Å². The zero-order valence-corrected chi connectivity index (χ0v) is 10.9. The predicted molar refractivity (Wildman–Crippen MR) is 66.3 cm³/mol. The highest BCUT2D eigenvalue weighted by molar-refractivity contribution is 7.98. The summed E-state index contributed by atoms with van der Waals surface area (Å²) in [6.07, 6.45) is 0. The van der Waals surface area contributed by atoms with Crippen LogP contribution in [0.5, 0.6) is 0 Å². The fraction of sp³-hybridized carbons (Fsp3) is 0.231. The van der Waals surface area contributed by atoms with Gasteiger partial charge in [0, 0.05) is 21.8 Å². The maximum Gasteiger partial charge on any atom is 0.137 e. The molecule has 0 unspecified atom stereocenters. The molecule has 1 aromatic carbocycles. The normalized spacial score (nSPS) is 10.6. The average Bonchev–Trinajstić information content (AvgIpc) is 2.67. The van der Waals surface area contributed by atoms with E-state index in [1.165, 1.54) is 11.8 Å². The lowest BCUT2D eigenvalue weighted by Gasteiger charge is -2.09. The lowest BCUT2D eigenvalue weighted by molar-refractivity contribution is -0.255. The number of rotatable bonds is 4. The first kappa shape index (κ1) is 12.7. The van der Waals surface area contributed by atoms with Crippen LogP contribution in [-0.4, -0.2) is 11.1 Å². The van der Waals surface area contributed by atoms with Gasteiger partial charge in [0.25, 0.3) is 0 Å². The summed E-state index contributed by atoms with van der Waals surface area (Å²) in [5.74, 6) is 0.244. The van der Waals surface area contributed by atoms with E-state index in [1.54, 1.807) is 18.2 Å². The Kier molecular flexibility index (Phi) is 3.72. The average molecular weight is 262 g/mol. The number of aromatic carboxylic acids is 1. The Hall–Kier alpha value is -1.75. The zero-order valence-electron chi connectivity index (χ0n) is 10.1. The van der Waals surface area contributed by atoms with Crippen molar-refractivity contribution in [1.29, 1.82) is 0 Å². The molecule has 0 bridgehead atoms. The molecule has 0 aliphatic carbocycles. The minimum Gasteiger partial charge on any atom is -0.545 e. The molecule has 0 aliphatic rings. The van der Waals surface area contributed by atoms with Crippen LogP contribution < -0.4 is 5.11 Å². The Balaban J connectivity index is 2.18. The largest absolute Gasteiger partial charge is 0.545 e. The van der Waals surface area contributed by atoms with Gasteiger partial charge in [0.15, 0.2) is 0 Å². The highest BCUT2D eigenvalue weighted by Gasteiger charge is 2.10. The van der Waals surface area contributed by atoms with Crippen molar-refractivity contribution < 1.29 is 14.4 Å². The summed E-state index contributed by atoms with van der Waals surface area (Å²) in [5.41, 5.74) is 2.06. The molecular weight excluding hydrogens is 250 g/mol. The maximum atomic E-state index is 11.0. The molecule has 0 saturated carbocycles. The summed E-state index contributed by atoms with van der Waals surface area (Å²) in [6, 6.07) is 6.81. The molecule has 4 nitrogen and oxygen atoms in total. The van der Waals surface area contributed by atoms with E-state index in [0.717, 1.165) is 17.0 Å². The van der Waals surface area contributed by atoms with Crippen molar-refractivity contribution in [2.45, 2.75) is 24.5 Å². The summed E-state index contributed by atoms with van der Waals surface area (Å²) in [4.78, 5) is 11.7. The summed E-state index contributed by atoms with van der Waals surface area (Å²) >= 11 is 1.44. The summed E-state index contributed by atoms with van der Waals surface area (Å²) < 4.78 is 5.07. The van der Waals surface area contributed by atoms with Crippen LogP contribution in [0.4, 0.5) is 0 Å². The van der Waals surface area contributed by atoms with Crippen LogP contribution in [-0.2, 0) is 5.75 Å². The minimum atomic E-state index is -1.16. The minimum absolute atomic E-state index is 0.217. The molecule has 2 rings (SSSR count). The van der Waals surface area contributed by atoms with E-state index in [2.05, 4.69) is 5.16 Å². The number of thioether (sulfide) groups is 1. The summed E-state index contributed by atoms with van der Waals surface area (Å²) in [7, 11) is 0. The lowest BCUT2D eigenvalue weighted by Crippen LogP contribution is -2.22. The number of carbonyl (C=O) groups is 1. The van der Waals surface area contributed by atoms with E-state index in [1.807, 2.05) is 19.9 Å². The number of carboxylic acid groups (broad SMARTS) is 1. The van der Waals surface area contributed by atoms with Crippen LogP contribution in [0.15, 0.2) is 33.7 Å². The molecule has 0 spiro atoms. The molecular formula is C13H12NO3S-. The van der Waals surface area contributed by atoms with Gasteiger partial charge in [-0.2, -0.15) is 0 Å². The van der Waals surface area contributed by atoms with Gasteiger partial charge >= 0.3 is 0 Å². The van der Waals surface area contributed by atoms with E-state index >= 15 is 0 Å². The van der Waals surface area contributed by atoms with Gasteiger partial charge in [-0.1, -0.05) is 23.4 Å². The van der Waals surface area contributed by atoms with Gasteiger partial charge in [0.1, 0.15) is 5.76 Å². The van der Waals surface area contributed by atoms with E-state index in [0.29, 0.717) is 10.6 Å². The SMILES string of the molecule is Cc1noc(C)c1CSc1ccccc1C(=O)[O-]. The number of benzene rings is 1. The van der Waals surface area contributed by atoms with E-state index < -0.39 is 5.97 Å². The van der Waals surface area contributed by atoms with Gasteiger partial charge in [-0.3, -0.25) is 0 Å². The highest BCUT2D eigenvalue weighted by Crippen LogP contribution is 2.28. The fourth-order valence-corrected chi connectivity index (χ4v) is 2.81. The van der Waals surface area contributed by atoms with Crippen LogP contribution in [0, 0.1) is 13.8 Å². The van der Waals surface area contributed by atoms with Crippen molar-refractivity contribution in [3.63, 3.8) is 0 Å². The van der Waals surface area contributed by atoms with Crippen LogP contribution in [0.3, 0.4) is 0 Å². The Bertz CT molecular complexity index is 558. The smallest absolute Gasteiger partial charge is 0.137 e. The van der Waals surface area contributed by atoms with Crippen molar-refractivity contribution in [1.82, 2.24) is 5.16 Å². The molecule has 18 heavy (non-hydrogen) atoms. The summed E-state index contributed by atoms with van der Waals surface area (Å²) in [6.45, 7) is 3.72. The maximum absolute atomic E-state index is 11.0. The first-order valence-corrected chi connectivity index (χ1v) is 6.43. The topological polar surface area (TPSA) is 66.2 Å². The van der Waals surface area contributed by atoms with Crippen molar-refractivity contribution >= 4 is 17.7 Å².